The molecule has 4 N–H and O–H groups in total. The lowest BCUT2D eigenvalue weighted by Crippen LogP contribution is -2.58. The maximum absolute atomic E-state index is 13.8. The summed E-state index contributed by atoms with van der Waals surface area (Å²) in [6.45, 7) is 4.95. The van der Waals surface area contributed by atoms with Crippen LogP contribution in [0.5, 0.6) is 0 Å². The molecule has 0 saturated heterocycles. The summed E-state index contributed by atoms with van der Waals surface area (Å²) in [7, 11) is -2.96. The zero-order valence-electron chi connectivity index (χ0n) is 24.5. The summed E-state index contributed by atoms with van der Waals surface area (Å²) >= 11 is 6.27. The van der Waals surface area contributed by atoms with Crippen LogP contribution in [0.3, 0.4) is 0 Å². The summed E-state index contributed by atoms with van der Waals surface area (Å²) in [5, 5.41) is 17.9. The fourth-order valence-electron chi connectivity index (χ4n) is 5.39. The van der Waals surface area contributed by atoms with Gasteiger partial charge in [0.1, 0.15) is 0 Å². The van der Waals surface area contributed by atoms with Gasteiger partial charge in [-0.15, -0.1) is 0 Å². The Bertz CT molecular complexity index is 1500. The second kappa shape index (κ2) is 14.2. The molecule has 1 aliphatic rings. The molecule has 44 heavy (non-hydrogen) atoms. The molecule has 1 aliphatic carbocycles. The lowest BCUT2D eigenvalue weighted by atomic mass is 9.67. The molecular weight excluding hydrogens is 627 g/mol. The second-order valence-corrected chi connectivity index (χ2v) is 13.6. The van der Waals surface area contributed by atoms with Gasteiger partial charge in [-0.3, -0.25) is 9.59 Å². The van der Waals surface area contributed by atoms with E-state index in [2.05, 4.69) is 20.7 Å². The third-order valence-electron chi connectivity index (χ3n) is 8.13. The minimum atomic E-state index is -4.16. The van der Waals surface area contributed by atoms with Gasteiger partial charge in [0.05, 0.1) is 33.8 Å². The lowest BCUT2D eigenvalue weighted by molar-refractivity contribution is -0.129. The summed E-state index contributed by atoms with van der Waals surface area (Å²) in [6.07, 6.45) is -0.239. The van der Waals surface area contributed by atoms with Gasteiger partial charge >= 0.3 is 6.09 Å². The Morgan fingerprint density at radius 2 is 1.75 bits per heavy atom. The van der Waals surface area contributed by atoms with Gasteiger partial charge < -0.3 is 25.8 Å². The Labute approximate surface area is 258 Å². The van der Waals surface area contributed by atoms with E-state index in [9.17, 15) is 41.1 Å². The number of nitrogens with one attached hydrogen (secondary N) is 3. The normalized spacial score (nSPS) is 22.5. The Balaban J connectivity index is 1.77. The molecule has 0 spiro atoms. The zero-order chi connectivity index (χ0) is 33.0. The Morgan fingerprint density at radius 3 is 2.34 bits per heavy atom. The number of alkyl carbamates (subject to hydrolysis) is 1. The summed E-state index contributed by atoms with van der Waals surface area (Å²) in [5.41, 5.74) is -1.99. The highest BCUT2D eigenvalue weighted by Gasteiger charge is 2.50. The first kappa shape index (κ1) is 35.1. The van der Waals surface area contributed by atoms with Crippen molar-refractivity contribution in [1.82, 2.24) is 10.6 Å². The molecule has 1 saturated carbocycles. The van der Waals surface area contributed by atoms with E-state index in [1.165, 1.54) is 19.2 Å². The van der Waals surface area contributed by atoms with Crippen molar-refractivity contribution in [2.45, 2.75) is 55.8 Å². The number of hydrogen-bond donors (Lipinski definition) is 4. The van der Waals surface area contributed by atoms with Gasteiger partial charge in [-0.05, 0) is 42.9 Å². The first-order valence-electron chi connectivity index (χ1n) is 13.9. The van der Waals surface area contributed by atoms with Crippen LogP contribution in [-0.4, -0.2) is 62.5 Å². The van der Waals surface area contributed by atoms with Crippen molar-refractivity contribution in [3.8, 4) is 0 Å². The first-order chi connectivity index (χ1) is 20.5. The number of carbonyl (C=O) groups excluding carboxylic acids is 3. The molecule has 242 valence electrons. The molecule has 2 aromatic carbocycles. The Hall–Kier alpha value is -3.36. The molecule has 2 aromatic rings. The maximum atomic E-state index is 13.8. The summed E-state index contributed by atoms with van der Waals surface area (Å²) < 4.78 is 72.6. The van der Waals surface area contributed by atoms with E-state index < -0.39 is 73.8 Å². The average Bonchev–Trinajstić information content (AvgIpc) is 2.98. The number of aliphatic hydroxyl groups is 1. The van der Waals surface area contributed by atoms with Gasteiger partial charge in [-0.25, -0.2) is 26.4 Å². The van der Waals surface area contributed by atoms with E-state index in [1.54, 1.807) is 20.8 Å². The predicted molar refractivity (Wildman–Crippen MR) is 156 cm³/mol. The van der Waals surface area contributed by atoms with E-state index in [-0.39, 0.29) is 47.1 Å². The third kappa shape index (κ3) is 7.64. The number of methoxy groups -OCH3 is 1. The summed E-state index contributed by atoms with van der Waals surface area (Å²) in [4.78, 5) is 36.4. The molecule has 1 fully saturated rings. The van der Waals surface area contributed by atoms with E-state index in [4.69, 9.17) is 11.6 Å². The lowest BCUT2D eigenvalue weighted by Gasteiger charge is -2.47. The van der Waals surface area contributed by atoms with Gasteiger partial charge in [-0.1, -0.05) is 38.8 Å². The first-order valence-corrected chi connectivity index (χ1v) is 15.8. The SMILES string of the molecule is CCC1C[C@@H](S(=O)(=O)c2cc(C(=O)Nc3cc(F)c(F)c(F)c3)ccc2Cl)C[C@H](C)[C@@]1(O)CNC(=O)C(C)CNC(=O)OC. The Kier molecular flexibility index (Phi) is 11.3. The largest absolute Gasteiger partial charge is 0.453 e. The van der Waals surface area contributed by atoms with Crippen LogP contribution in [0.2, 0.25) is 5.02 Å². The Morgan fingerprint density at radius 1 is 1.11 bits per heavy atom. The number of amides is 3. The summed E-state index contributed by atoms with van der Waals surface area (Å²) in [6, 6.07) is 4.66. The third-order valence-corrected chi connectivity index (χ3v) is 10.8. The van der Waals surface area contributed by atoms with Gasteiger partial charge in [0.2, 0.25) is 5.91 Å². The minimum Gasteiger partial charge on any atom is -0.453 e. The van der Waals surface area contributed by atoms with Crippen molar-refractivity contribution in [3.63, 3.8) is 0 Å². The second-order valence-electron chi connectivity index (χ2n) is 11.0. The molecule has 0 aromatic heterocycles. The number of anilines is 1. The number of carbonyl (C=O) groups is 3. The molecule has 0 radical (unpaired) electrons. The molecule has 10 nitrogen and oxygen atoms in total. The fraction of sp³-hybridized carbons (Fsp3) is 0.483. The quantitative estimate of drug-likeness (QED) is 0.275. The van der Waals surface area contributed by atoms with Crippen LogP contribution in [0.4, 0.5) is 23.7 Å². The number of halogens is 4. The van der Waals surface area contributed by atoms with Crippen molar-refractivity contribution in [1.29, 1.82) is 0 Å². The number of ether oxygens (including phenoxy) is 1. The highest BCUT2D eigenvalue weighted by Crippen LogP contribution is 2.44. The van der Waals surface area contributed by atoms with Crippen molar-refractivity contribution >= 4 is 45.0 Å². The van der Waals surface area contributed by atoms with Gasteiger partial charge in [0.15, 0.2) is 27.3 Å². The van der Waals surface area contributed by atoms with Crippen molar-refractivity contribution in [2.24, 2.45) is 17.8 Å². The maximum Gasteiger partial charge on any atom is 0.406 e. The molecule has 0 bridgehead atoms. The predicted octanol–water partition coefficient (Wildman–Crippen LogP) is 4.45. The van der Waals surface area contributed by atoms with Gasteiger partial charge in [-0.2, -0.15) is 0 Å². The molecule has 2 unspecified atom stereocenters. The van der Waals surface area contributed by atoms with Crippen LogP contribution in [0.15, 0.2) is 35.2 Å². The van der Waals surface area contributed by atoms with Crippen LogP contribution in [0, 0.1) is 35.2 Å². The van der Waals surface area contributed by atoms with E-state index in [0.29, 0.717) is 18.6 Å². The van der Waals surface area contributed by atoms with Crippen LogP contribution in [0.1, 0.15) is 50.4 Å². The van der Waals surface area contributed by atoms with Gasteiger partial charge in [0, 0.05) is 36.5 Å². The average molecular weight is 662 g/mol. The van der Waals surface area contributed by atoms with Crippen molar-refractivity contribution in [3.05, 3.63) is 58.4 Å². The number of rotatable bonds is 10. The topological polar surface area (TPSA) is 151 Å². The number of sulfone groups is 1. The number of benzene rings is 2. The molecule has 5 atom stereocenters. The molecule has 0 aliphatic heterocycles. The van der Waals surface area contributed by atoms with Crippen LogP contribution >= 0.6 is 11.6 Å². The highest BCUT2D eigenvalue weighted by molar-refractivity contribution is 7.92. The fourth-order valence-corrected chi connectivity index (χ4v) is 7.85. The highest BCUT2D eigenvalue weighted by atomic mass is 35.5. The van der Waals surface area contributed by atoms with Crippen molar-refractivity contribution in [2.75, 3.05) is 25.5 Å². The summed E-state index contributed by atoms with van der Waals surface area (Å²) in [5.74, 6) is -7.80. The zero-order valence-corrected chi connectivity index (χ0v) is 26.1. The number of hydrogen-bond acceptors (Lipinski definition) is 7. The standard InChI is InChI=1S/C29H35ClF3N3O7S/c1-5-18-10-20(8-16(3)29(18,40)14-35-26(37)15(2)13-34-28(39)43-4)44(41,42)24-9-17(6-7-21(24)30)27(38)36-19-11-22(31)25(33)23(32)12-19/h6-7,9,11-12,15-16,18,20,40H,5,8,10,13-14H2,1-4H3,(H,34,39)(H,35,37)(H,36,38)/t15?,16-,18?,20-,29-/m0/s1. The smallest absolute Gasteiger partial charge is 0.406 e. The minimum absolute atomic E-state index is 0.0134. The van der Waals surface area contributed by atoms with Gasteiger partial charge in [0.25, 0.3) is 5.91 Å². The molecule has 3 rings (SSSR count). The molecule has 0 heterocycles. The van der Waals surface area contributed by atoms with E-state index in [1.807, 2.05) is 0 Å². The monoisotopic (exact) mass is 661 g/mol. The van der Waals surface area contributed by atoms with Crippen LogP contribution in [0.25, 0.3) is 0 Å². The van der Waals surface area contributed by atoms with Crippen LogP contribution in [-0.2, 0) is 19.4 Å². The molecule has 15 heteroatoms. The van der Waals surface area contributed by atoms with E-state index in [0.717, 1.165) is 6.07 Å². The molecular formula is C29H35ClF3N3O7S. The van der Waals surface area contributed by atoms with Crippen LogP contribution < -0.4 is 16.0 Å². The van der Waals surface area contributed by atoms with Crippen molar-refractivity contribution < 1.29 is 45.8 Å². The molecule has 3 amide bonds. The van der Waals surface area contributed by atoms with E-state index >= 15 is 0 Å².